The largest absolute Gasteiger partial charge is 0.381 e. The van der Waals surface area contributed by atoms with Crippen LogP contribution in [-0.4, -0.2) is 26.8 Å². The summed E-state index contributed by atoms with van der Waals surface area (Å²) in [7, 11) is 2.04. The highest BCUT2D eigenvalue weighted by molar-refractivity contribution is 4.97. The molecule has 1 N–H and O–H groups in total. The van der Waals surface area contributed by atoms with Crippen LogP contribution in [0.2, 0.25) is 0 Å². The van der Waals surface area contributed by atoms with Crippen LogP contribution < -0.4 is 5.32 Å². The lowest BCUT2D eigenvalue weighted by Crippen LogP contribution is -2.35. The molecule has 0 amide bonds. The molecule has 1 saturated carbocycles. The lowest BCUT2D eigenvalue weighted by molar-refractivity contribution is 0.137. The highest BCUT2D eigenvalue weighted by atomic mass is 16.5. The molecule has 0 aromatic carbocycles. The molecule has 1 heterocycles. The summed E-state index contributed by atoms with van der Waals surface area (Å²) in [5.74, 6) is 0.970. The molecule has 0 aromatic heterocycles. The highest BCUT2D eigenvalue weighted by Crippen LogP contribution is 2.49. The standard InChI is InChI=1S/C9H17NO/c1-10-6-9(8-2-3-8)4-5-11-7-9/h8,10H,2-7H2,1H3. The summed E-state index contributed by atoms with van der Waals surface area (Å²) in [4.78, 5) is 0. The van der Waals surface area contributed by atoms with E-state index in [0.717, 1.165) is 25.7 Å². The second kappa shape index (κ2) is 2.76. The number of ether oxygens (including phenoxy) is 1. The van der Waals surface area contributed by atoms with Crippen molar-refractivity contribution in [3.05, 3.63) is 0 Å². The van der Waals surface area contributed by atoms with E-state index >= 15 is 0 Å². The lowest BCUT2D eigenvalue weighted by atomic mass is 9.82. The van der Waals surface area contributed by atoms with Crippen molar-refractivity contribution in [3.63, 3.8) is 0 Å². The summed E-state index contributed by atoms with van der Waals surface area (Å²) in [5.41, 5.74) is 0.523. The zero-order valence-electron chi connectivity index (χ0n) is 7.23. The van der Waals surface area contributed by atoms with Gasteiger partial charge in [-0.1, -0.05) is 0 Å². The molecule has 1 aliphatic carbocycles. The van der Waals surface area contributed by atoms with Gasteiger partial charge < -0.3 is 10.1 Å². The molecule has 11 heavy (non-hydrogen) atoms. The Balaban J connectivity index is 1.99. The van der Waals surface area contributed by atoms with E-state index in [4.69, 9.17) is 4.74 Å². The molecule has 2 rings (SSSR count). The summed E-state index contributed by atoms with van der Waals surface area (Å²) in [6, 6.07) is 0. The van der Waals surface area contributed by atoms with Crippen LogP contribution >= 0.6 is 0 Å². The Hall–Kier alpha value is -0.0800. The minimum absolute atomic E-state index is 0.523. The summed E-state index contributed by atoms with van der Waals surface area (Å²) < 4.78 is 5.47. The first-order valence-electron chi connectivity index (χ1n) is 4.60. The molecule has 1 unspecified atom stereocenters. The van der Waals surface area contributed by atoms with E-state index in [1.807, 2.05) is 7.05 Å². The third-order valence-corrected chi connectivity index (χ3v) is 3.11. The van der Waals surface area contributed by atoms with Gasteiger partial charge in [-0.3, -0.25) is 0 Å². The van der Waals surface area contributed by atoms with Crippen LogP contribution in [0.1, 0.15) is 19.3 Å². The monoisotopic (exact) mass is 155 g/mol. The SMILES string of the molecule is CNCC1(C2CC2)CCOC1. The zero-order valence-corrected chi connectivity index (χ0v) is 7.23. The van der Waals surface area contributed by atoms with Gasteiger partial charge in [0.15, 0.2) is 0 Å². The molecule has 2 fully saturated rings. The van der Waals surface area contributed by atoms with E-state index in [1.54, 1.807) is 0 Å². The van der Waals surface area contributed by atoms with Crippen LogP contribution in [0.5, 0.6) is 0 Å². The fourth-order valence-electron chi connectivity index (χ4n) is 2.28. The third-order valence-electron chi connectivity index (χ3n) is 3.11. The molecular formula is C9H17NO. The van der Waals surface area contributed by atoms with E-state index in [2.05, 4.69) is 5.32 Å². The van der Waals surface area contributed by atoms with Gasteiger partial charge in [-0.25, -0.2) is 0 Å². The van der Waals surface area contributed by atoms with Crippen LogP contribution in [0.25, 0.3) is 0 Å². The lowest BCUT2D eigenvalue weighted by Gasteiger charge is -2.26. The highest BCUT2D eigenvalue weighted by Gasteiger charge is 2.46. The second-order valence-corrected chi connectivity index (χ2v) is 3.97. The topological polar surface area (TPSA) is 21.3 Å². The minimum atomic E-state index is 0.523. The van der Waals surface area contributed by atoms with Crippen molar-refractivity contribution in [3.8, 4) is 0 Å². The predicted molar refractivity (Wildman–Crippen MR) is 44.5 cm³/mol. The van der Waals surface area contributed by atoms with Gasteiger partial charge in [-0.05, 0) is 32.2 Å². The quantitative estimate of drug-likeness (QED) is 0.657. The third kappa shape index (κ3) is 1.30. The van der Waals surface area contributed by atoms with Gasteiger partial charge in [-0.2, -0.15) is 0 Å². The van der Waals surface area contributed by atoms with E-state index in [1.165, 1.54) is 19.3 Å². The Morgan fingerprint density at radius 3 is 2.82 bits per heavy atom. The van der Waals surface area contributed by atoms with Crippen LogP contribution in [0.3, 0.4) is 0 Å². The maximum Gasteiger partial charge on any atom is 0.0538 e. The van der Waals surface area contributed by atoms with Crippen molar-refractivity contribution in [2.45, 2.75) is 19.3 Å². The normalized spacial score (nSPS) is 37.9. The first-order valence-corrected chi connectivity index (χ1v) is 4.60. The maximum absolute atomic E-state index is 5.47. The summed E-state index contributed by atoms with van der Waals surface area (Å²) >= 11 is 0. The van der Waals surface area contributed by atoms with E-state index in [-0.39, 0.29) is 0 Å². The van der Waals surface area contributed by atoms with Gasteiger partial charge in [0.05, 0.1) is 6.61 Å². The van der Waals surface area contributed by atoms with E-state index < -0.39 is 0 Å². The predicted octanol–water partition coefficient (Wildman–Crippen LogP) is 1.02. The molecule has 0 spiro atoms. The molecular weight excluding hydrogens is 138 g/mol. The van der Waals surface area contributed by atoms with Crippen LogP contribution in [0.4, 0.5) is 0 Å². The molecule has 1 saturated heterocycles. The number of rotatable bonds is 3. The Morgan fingerprint density at radius 2 is 2.36 bits per heavy atom. The van der Waals surface area contributed by atoms with E-state index in [0.29, 0.717) is 5.41 Å². The van der Waals surface area contributed by atoms with Gasteiger partial charge in [0.2, 0.25) is 0 Å². The van der Waals surface area contributed by atoms with Crippen molar-refractivity contribution < 1.29 is 4.74 Å². The molecule has 0 radical (unpaired) electrons. The van der Waals surface area contributed by atoms with E-state index in [9.17, 15) is 0 Å². The second-order valence-electron chi connectivity index (χ2n) is 3.97. The molecule has 2 nitrogen and oxygen atoms in total. The molecule has 2 heteroatoms. The summed E-state index contributed by atoms with van der Waals surface area (Å²) in [5, 5.41) is 3.29. The number of nitrogens with one attached hydrogen (secondary N) is 1. The first kappa shape index (κ1) is 7.56. The molecule has 1 aliphatic heterocycles. The fourth-order valence-corrected chi connectivity index (χ4v) is 2.28. The van der Waals surface area contributed by atoms with Crippen molar-refractivity contribution >= 4 is 0 Å². The Morgan fingerprint density at radius 1 is 1.55 bits per heavy atom. The summed E-state index contributed by atoms with van der Waals surface area (Å²) in [6.07, 6.45) is 4.15. The maximum atomic E-state index is 5.47. The van der Waals surface area contributed by atoms with Gasteiger partial charge >= 0.3 is 0 Å². The molecule has 0 bridgehead atoms. The van der Waals surface area contributed by atoms with Crippen molar-refractivity contribution in [1.82, 2.24) is 5.32 Å². The Bertz CT molecular complexity index is 136. The fraction of sp³-hybridized carbons (Fsp3) is 1.00. The van der Waals surface area contributed by atoms with Crippen LogP contribution in [-0.2, 0) is 4.74 Å². The molecule has 64 valence electrons. The number of hydrogen-bond acceptors (Lipinski definition) is 2. The first-order chi connectivity index (χ1) is 5.37. The van der Waals surface area contributed by atoms with Crippen molar-refractivity contribution in [2.24, 2.45) is 11.3 Å². The minimum Gasteiger partial charge on any atom is -0.381 e. The average Bonchev–Trinajstić information content (AvgIpc) is 2.76. The summed E-state index contributed by atoms with van der Waals surface area (Å²) in [6.45, 7) is 3.13. The van der Waals surface area contributed by atoms with Crippen LogP contribution in [0.15, 0.2) is 0 Å². The molecule has 1 atom stereocenters. The van der Waals surface area contributed by atoms with Gasteiger partial charge in [0.1, 0.15) is 0 Å². The number of hydrogen-bond donors (Lipinski definition) is 1. The smallest absolute Gasteiger partial charge is 0.0538 e. The Kier molecular flexibility index (Phi) is 1.90. The van der Waals surface area contributed by atoms with Gasteiger partial charge in [-0.15, -0.1) is 0 Å². The van der Waals surface area contributed by atoms with Crippen LogP contribution in [0, 0.1) is 11.3 Å². The molecule has 0 aromatic rings. The zero-order chi connectivity index (χ0) is 7.73. The Labute approximate surface area is 68.3 Å². The van der Waals surface area contributed by atoms with Crippen molar-refractivity contribution in [2.75, 3.05) is 26.8 Å². The van der Waals surface area contributed by atoms with Gasteiger partial charge in [0.25, 0.3) is 0 Å². The van der Waals surface area contributed by atoms with Crippen molar-refractivity contribution in [1.29, 1.82) is 0 Å². The van der Waals surface area contributed by atoms with Gasteiger partial charge in [0, 0.05) is 18.6 Å². The average molecular weight is 155 g/mol. The molecule has 2 aliphatic rings.